The van der Waals surface area contributed by atoms with Crippen LogP contribution in [0.1, 0.15) is 16.8 Å². The molecular weight excluding hydrogens is 312 g/mol. The lowest BCUT2D eigenvalue weighted by Crippen LogP contribution is -2.48. The van der Waals surface area contributed by atoms with Crippen molar-refractivity contribution >= 4 is 11.6 Å². The molecule has 0 unspecified atom stereocenters. The van der Waals surface area contributed by atoms with E-state index in [4.69, 9.17) is 0 Å². The van der Waals surface area contributed by atoms with Gasteiger partial charge in [-0.25, -0.2) is 4.39 Å². The molecule has 120 valence electrons. The normalized spacial score (nSPS) is 22.0. The minimum atomic E-state index is -4.93. The van der Waals surface area contributed by atoms with E-state index in [1.807, 2.05) is 0 Å². The van der Waals surface area contributed by atoms with E-state index >= 15 is 0 Å². The molecule has 1 aliphatic rings. The molecule has 1 fully saturated rings. The number of aliphatic hydroxyl groups is 1. The molecule has 2 rings (SSSR count). The average molecular weight is 322 g/mol. The van der Waals surface area contributed by atoms with Gasteiger partial charge in [-0.3, -0.25) is 14.9 Å². The highest BCUT2D eigenvalue weighted by Crippen LogP contribution is 2.38. The number of hydrogen-bond acceptors (Lipinski definition) is 4. The molecule has 1 aliphatic heterocycles. The summed E-state index contributed by atoms with van der Waals surface area (Å²) in [7, 11) is 0. The zero-order valence-electron chi connectivity index (χ0n) is 10.9. The number of nitro benzene ring substituents is 1. The minimum absolute atomic E-state index is 0.442. The van der Waals surface area contributed by atoms with Gasteiger partial charge in [-0.15, -0.1) is 0 Å². The van der Waals surface area contributed by atoms with Gasteiger partial charge in [0.2, 0.25) is 0 Å². The third-order valence-corrected chi connectivity index (χ3v) is 3.45. The number of amides is 1. The maximum atomic E-state index is 13.2. The number of alkyl halides is 3. The van der Waals surface area contributed by atoms with Crippen LogP contribution in [0, 0.1) is 15.9 Å². The largest absolute Gasteiger partial charge is 0.419 e. The van der Waals surface area contributed by atoms with Gasteiger partial charge in [-0.05, 0) is 12.1 Å². The Balaban J connectivity index is 2.31. The number of rotatable bonds is 2. The van der Waals surface area contributed by atoms with E-state index < -0.39 is 59.2 Å². The Kier molecular flexibility index (Phi) is 3.81. The average Bonchev–Trinajstić information content (AvgIpc) is 2.81. The van der Waals surface area contributed by atoms with E-state index in [9.17, 15) is 37.6 Å². The molecule has 0 spiro atoms. The summed E-state index contributed by atoms with van der Waals surface area (Å²) >= 11 is 0. The Morgan fingerprint density at radius 3 is 2.55 bits per heavy atom. The molecule has 1 aromatic rings. The molecule has 0 aliphatic carbocycles. The standard InChI is InChI=1S/C12H10F4N2O4/c13-7-1-2-9(18(21)22)8(5-7)10(19)17-4-3-11(20,6-17)12(14,15)16/h1-2,5,20H,3-4,6H2/t11-/m0/s1. The Morgan fingerprint density at radius 2 is 2.05 bits per heavy atom. The van der Waals surface area contributed by atoms with Crippen LogP contribution in [0.2, 0.25) is 0 Å². The van der Waals surface area contributed by atoms with Crippen molar-refractivity contribution in [1.29, 1.82) is 0 Å². The van der Waals surface area contributed by atoms with Crippen LogP contribution in [0.3, 0.4) is 0 Å². The van der Waals surface area contributed by atoms with Gasteiger partial charge in [0.05, 0.1) is 11.5 Å². The summed E-state index contributed by atoms with van der Waals surface area (Å²) in [5, 5.41) is 20.3. The molecule has 22 heavy (non-hydrogen) atoms. The van der Waals surface area contributed by atoms with Gasteiger partial charge in [0, 0.05) is 19.0 Å². The first kappa shape index (κ1) is 16.1. The Labute approximate surface area is 121 Å². The van der Waals surface area contributed by atoms with Crippen LogP contribution >= 0.6 is 0 Å². The maximum absolute atomic E-state index is 13.2. The highest BCUT2D eigenvalue weighted by molar-refractivity contribution is 5.98. The summed E-state index contributed by atoms with van der Waals surface area (Å²) in [6.45, 7) is -1.49. The first-order valence-electron chi connectivity index (χ1n) is 6.07. The fourth-order valence-corrected chi connectivity index (χ4v) is 2.21. The predicted molar refractivity (Wildman–Crippen MR) is 64.6 cm³/mol. The van der Waals surface area contributed by atoms with Crippen LogP contribution in [0.15, 0.2) is 18.2 Å². The van der Waals surface area contributed by atoms with E-state index in [0.29, 0.717) is 11.0 Å². The van der Waals surface area contributed by atoms with Crippen molar-refractivity contribution in [2.24, 2.45) is 0 Å². The highest BCUT2D eigenvalue weighted by Gasteiger charge is 2.58. The first-order chi connectivity index (χ1) is 10.0. The van der Waals surface area contributed by atoms with Crippen LogP contribution in [0.4, 0.5) is 23.2 Å². The van der Waals surface area contributed by atoms with Gasteiger partial charge in [-0.2, -0.15) is 13.2 Å². The number of carbonyl (C=O) groups excluding carboxylic acids is 1. The number of β-amino-alcohol motifs (C(OH)–C–C–N with tert-alkyl or cyclic N) is 1. The van der Waals surface area contributed by atoms with Crippen molar-refractivity contribution in [1.82, 2.24) is 4.90 Å². The van der Waals surface area contributed by atoms with Crippen LogP contribution in [0.5, 0.6) is 0 Å². The second kappa shape index (κ2) is 5.20. The number of halogens is 4. The minimum Gasteiger partial charge on any atom is -0.379 e. The first-order valence-corrected chi connectivity index (χ1v) is 6.07. The molecule has 0 bridgehead atoms. The fourth-order valence-electron chi connectivity index (χ4n) is 2.21. The van der Waals surface area contributed by atoms with Crippen molar-refractivity contribution in [2.75, 3.05) is 13.1 Å². The number of nitrogens with zero attached hydrogens (tertiary/aromatic N) is 2. The van der Waals surface area contributed by atoms with Crippen molar-refractivity contribution < 1.29 is 32.4 Å². The number of hydrogen-bond donors (Lipinski definition) is 1. The molecule has 1 heterocycles. The number of carbonyl (C=O) groups is 1. The van der Waals surface area contributed by atoms with Crippen LogP contribution in [0.25, 0.3) is 0 Å². The zero-order valence-corrected chi connectivity index (χ0v) is 10.9. The maximum Gasteiger partial charge on any atom is 0.419 e. The van der Waals surface area contributed by atoms with E-state index in [-0.39, 0.29) is 0 Å². The molecule has 1 aromatic carbocycles. The Bertz CT molecular complexity index is 634. The van der Waals surface area contributed by atoms with Crippen LogP contribution in [-0.4, -0.2) is 45.7 Å². The second-order valence-corrected chi connectivity index (χ2v) is 4.92. The molecule has 1 amide bonds. The summed E-state index contributed by atoms with van der Waals surface area (Å²) in [6.07, 6.45) is -5.68. The highest BCUT2D eigenvalue weighted by atomic mass is 19.4. The lowest BCUT2D eigenvalue weighted by atomic mass is 10.0. The van der Waals surface area contributed by atoms with Crippen molar-refractivity contribution in [3.05, 3.63) is 39.7 Å². The molecule has 1 N–H and O–H groups in total. The summed E-state index contributed by atoms with van der Waals surface area (Å²) in [5.74, 6) is -2.06. The monoisotopic (exact) mass is 322 g/mol. The van der Waals surface area contributed by atoms with Gasteiger partial charge in [0.15, 0.2) is 5.60 Å². The third kappa shape index (κ3) is 2.73. The van der Waals surface area contributed by atoms with E-state index in [0.717, 1.165) is 12.1 Å². The van der Waals surface area contributed by atoms with E-state index in [1.165, 1.54) is 0 Å². The molecular formula is C12H10F4N2O4. The van der Waals surface area contributed by atoms with Gasteiger partial charge >= 0.3 is 6.18 Å². The second-order valence-electron chi connectivity index (χ2n) is 4.92. The van der Waals surface area contributed by atoms with Crippen LogP contribution in [-0.2, 0) is 0 Å². The Morgan fingerprint density at radius 1 is 1.41 bits per heavy atom. The SMILES string of the molecule is O=C(c1cc(F)ccc1[N+](=O)[O-])N1CC[C@@](O)(C(F)(F)F)C1. The summed E-state index contributed by atoms with van der Waals surface area (Å²) < 4.78 is 51.3. The predicted octanol–water partition coefficient (Wildman–Crippen LogP) is 1.87. The zero-order chi connectivity index (χ0) is 16.7. The van der Waals surface area contributed by atoms with Crippen LogP contribution < -0.4 is 0 Å². The fraction of sp³-hybridized carbons (Fsp3) is 0.417. The topological polar surface area (TPSA) is 83.7 Å². The molecule has 0 radical (unpaired) electrons. The van der Waals surface area contributed by atoms with Crippen molar-refractivity contribution in [3.63, 3.8) is 0 Å². The molecule has 1 saturated heterocycles. The summed E-state index contributed by atoms with van der Waals surface area (Å²) in [4.78, 5) is 22.6. The van der Waals surface area contributed by atoms with Gasteiger partial charge in [-0.1, -0.05) is 0 Å². The lowest BCUT2D eigenvalue weighted by Gasteiger charge is -2.25. The molecule has 0 aromatic heterocycles. The molecule has 6 nitrogen and oxygen atoms in total. The lowest BCUT2D eigenvalue weighted by molar-refractivity contribution is -0.385. The smallest absolute Gasteiger partial charge is 0.379 e. The number of nitro groups is 1. The van der Waals surface area contributed by atoms with Crippen molar-refractivity contribution in [3.8, 4) is 0 Å². The molecule has 0 saturated carbocycles. The van der Waals surface area contributed by atoms with Gasteiger partial charge in [0.1, 0.15) is 11.4 Å². The quantitative estimate of drug-likeness (QED) is 0.512. The molecule has 10 heteroatoms. The number of likely N-dealkylation sites (tertiary alicyclic amines) is 1. The van der Waals surface area contributed by atoms with E-state index in [1.54, 1.807) is 0 Å². The van der Waals surface area contributed by atoms with Gasteiger partial charge in [0.25, 0.3) is 11.6 Å². The Hall–Kier alpha value is -2.23. The summed E-state index contributed by atoms with van der Waals surface area (Å²) in [6, 6.07) is 2.12. The van der Waals surface area contributed by atoms with E-state index in [2.05, 4.69) is 0 Å². The van der Waals surface area contributed by atoms with Gasteiger partial charge < -0.3 is 10.0 Å². The third-order valence-electron chi connectivity index (χ3n) is 3.45. The van der Waals surface area contributed by atoms with Crippen molar-refractivity contribution in [2.45, 2.75) is 18.2 Å². The number of benzene rings is 1. The molecule has 1 atom stereocenters. The summed E-state index contributed by atoms with van der Waals surface area (Å²) in [5.41, 5.74) is -4.43.